The van der Waals surface area contributed by atoms with Crippen molar-refractivity contribution in [2.45, 2.75) is 129 Å². The first-order valence-corrected chi connectivity index (χ1v) is 19.4. The second-order valence-electron chi connectivity index (χ2n) is 15.8. The zero-order valence-electron chi connectivity index (χ0n) is 31.3. The number of hydrogen-bond donors (Lipinski definition) is 2. The lowest BCUT2D eigenvalue weighted by molar-refractivity contribution is -0.152. The second-order valence-corrected chi connectivity index (χ2v) is 15.8. The molecule has 1 saturated carbocycles. The standard InChI is InChI=1S/C40H60N4O7/c1-40(2,3)35(37(46)44-26-14-21-32(44)38(47)49-4)42-39(48)51-33-22-13-17-28(33)16-7-5-8-19-30-34(29-18-9-10-20-31(29)41-36(30)45)50-27-15-25-43-23-11-6-12-24-43/h9-10,18,20,28,32-33,35H,5-8,11-17,19,21-27H2,1-4H3,(H,41,45)(H,42,48). The van der Waals surface area contributed by atoms with E-state index in [0.29, 0.717) is 32.4 Å². The minimum atomic E-state index is -0.836. The van der Waals surface area contributed by atoms with Crippen LogP contribution in [0.25, 0.3) is 10.9 Å². The topological polar surface area (TPSA) is 130 Å². The number of amides is 2. The number of pyridine rings is 1. The molecular formula is C40H60N4O7. The number of aromatic nitrogens is 1. The zero-order valence-corrected chi connectivity index (χ0v) is 31.3. The fourth-order valence-corrected chi connectivity index (χ4v) is 8.18. The fourth-order valence-electron chi connectivity index (χ4n) is 8.18. The van der Waals surface area contributed by atoms with Gasteiger partial charge in [-0.05, 0) is 107 Å². The Kier molecular flexibility index (Phi) is 13.8. The third-order valence-corrected chi connectivity index (χ3v) is 11.0. The normalized spacial score (nSPS) is 21.8. The number of benzene rings is 1. The second kappa shape index (κ2) is 18.2. The summed E-state index contributed by atoms with van der Waals surface area (Å²) in [6.07, 6.45) is 12.4. The highest BCUT2D eigenvalue weighted by molar-refractivity contribution is 5.91. The predicted octanol–water partition coefficient (Wildman–Crippen LogP) is 6.36. The zero-order chi connectivity index (χ0) is 36.4. The molecule has 2 N–H and O–H groups in total. The number of unbranched alkanes of at least 4 members (excludes halogenated alkanes) is 2. The Morgan fingerprint density at radius 2 is 1.73 bits per heavy atom. The van der Waals surface area contributed by atoms with Gasteiger partial charge in [0.05, 0.1) is 24.8 Å². The number of aromatic amines is 1. The van der Waals surface area contributed by atoms with E-state index in [2.05, 4.69) is 15.2 Å². The number of methoxy groups -OCH3 is 1. The molecule has 4 atom stereocenters. The number of ether oxygens (including phenoxy) is 3. The van der Waals surface area contributed by atoms with Gasteiger partial charge in [-0.15, -0.1) is 0 Å². The molecule has 1 aromatic heterocycles. The lowest BCUT2D eigenvalue weighted by atomic mass is 9.85. The van der Waals surface area contributed by atoms with Gasteiger partial charge in [0.2, 0.25) is 5.91 Å². The molecule has 51 heavy (non-hydrogen) atoms. The smallest absolute Gasteiger partial charge is 0.408 e. The van der Waals surface area contributed by atoms with Gasteiger partial charge in [0, 0.05) is 18.5 Å². The van der Waals surface area contributed by atoms with Crippen LogP contribution in [0, 0.1) is 11.3 Å². The summed E-state index contributed by atoms with van der Waals surface area (Å²) in [7, 11) is 1.33. The highest BCUT2D eigenvalue weighted by atomic mass is 16.6. The minimum absolute atomic E-state index is 0.0763. The van der Waals surface area contributed by atoms with Gasteiger partial charge in [-0.2, -0.15) is 0 Å². The van der Waals surface area contributed by atoms with Crippen LogP contribution in [0.1, 0.15) is 110 Å². The molecule has 5 rings (SSSR count). The Balaban J connectivity index is 1.11. The molecule has 3 aliphatic rings. The lowest BCUT2D eigenvalue weighted by Crippen LogP contribution is -2.57. The summed E-state index contributed by atoms with van der Waals surface area (Å²) in [5.41, 5.74) is 0.861. The summed E-state index contributed by atoms with van der Waals surface area (Å²) in [4.78, 5) is 59.5. The van der Waals surface area contributed by atoms with E-state index in [-0.39, 0.29) is 23.5 Å². The van der Waals surface area contributed by atoms with Crippen LogP contribution in [-0.4, -0.2) is 90.8 Å². The van der Waals surface area contributed by atoms with E-state index < -0.39 is 29.6 Å². The van der Waals surface area contributed by atoms with Gasteiger partial charge in [0.15, 0.2) is 0 Å². The molecule has 0 bridgehead atoms. The minimum Gasteiger partial charge on any atom is -0.492 e. The van der Waals surface area contributed by atoms with E-state index >= 15 is 0 Å². The van der Waals surface area contributed by atoms with Gasteiger partial charge in [0.1, 0.15) is 23.9 Å². The predicted molar refractivity (Wildman–Crippen MR) is 198 cm³/mol. The quantitative estimate of drug-likeness (QED) is 0.162. The summed E-state index contributed by atoms with van der Waals surface area (Å²) in [6, 6.07) is 6.41. The first-order valence-electron chi connectivity index (χ1n) is 19.4. The van der Waals surface area contributed by atoms with E-state index in [1.807, 2.05) is 45.0 Å². The number of nitrogens with zero attached hydrogens (tertiary/aromatic N) is 2. The summed E-state index contributed by atoms with van der Waals surface area (Å²) in [6.45, 7) is 10.1. The molecule has 0 radical (unpaired) electrons. The number of carbonyl (C=O) groups is 3. The van der Waals surface area contributed by atoms with Crippen LogP contribution in [-0.2, 0) is 25.5 Å². The van der Waals surface area contributed by atoms with Crippen molar-refractivity contribution in [3.05, 3.63) is 40.2 Å². The highest BCUT2D eigenvalue weighted by Crippen LogP contribution is 2.34. The SMILES string of the molecule is COC(=O)C1CCCN1C(=O)C(NC(=O)OC1CCCC1CCCCCc1c(OCCCN2CCCCC2)c2ccccc2[nH]c1=O)C(C)(C)C. The van der Waals surface area contributed by atoms with Crippen LogP contribution in [0.5, 0.6) is 5.75 Å². The van der Waals surface area contributed by atoms with E-state index in [1.54, 1.807) is 0 Å². The average Bonchev–Trinajstić information content (AvgIpc) is 3.79. The molecular weight excluding hydrogens is 648 g/mol. The third kappa shape index (κ3) is 10.3. The van der Waals surface area contributed by atoms with Crippen molar-refractivity contribution < 1.29 is 28.6 Å². The number of nitrogens with one attached hydrogen (secondary N) is 2. The fraction of sp³-hybridized carbons (Fsp3) is 0.700. The maximum Gasteiger partial charge on any atom is 0.408 e. The molecule has 282 valence electrons. The van der Waals surface area contributed by atoms with E-state index in [0.717, 1.165) is 93.2 Å². The van der Waals surface area contributed by atoms with Gasteiger partial charge in [-0.1, -0.05) is 52.2 Å². The summed E-state index contributed by atoms with van der Waals surface area (Å²) < 4.78 is 17.3. The molecule has 1 aromatic carbocycles. The van der Waals surface area contributed by atoms with E-state index in [9.17, 15) is 19.2 Å². The van der Waals surface area contributed by atoms with Crippen molar-refractivity contribution in [2.24, 2.45) is 11.3 Å². The van der Waals surface area contributed by atoms with Gasteiger partial charge < -0.3 is 34.3 Å². The molecule has 0 spiro atoms. The number of fused-ring (bicyclic) bond motifs is 1. The first kappa shape index (κ1) is 38.6. The first-order chi connectivity index (χ1) is 24.6. The van der Waals surface area contributed by atoms with E-state index in [4.69, 9.17) is 14.2 Å². The van der Waals surface area contributed by atoms with Crippen LogP contribution >= 0.6 is 0 Å². The van der Waals surface area contributed by atoms with Crippen LogP contribution in [0.2, 0.25) is 0 Å². The number of hydrogen-bond acceptors (Lipinski definition) is 8. The largest absolute Gasteiger partial charge is 0.492 e. The molecule has 2 saturated heterocycles. The maximum absolute atomic E-state index is 13.6. The number of H-pyrrole nitrogens is 1. The Morgan fingerprint density at radius 3 is 2.49 bits per heavy atom. The average molecular weight is 709 g/mol. The lowest BCUT2D eigenvalue weighted by Gasteiger charge is -2.35. The highest BCUT2D eigenvalue weighted by Gasteiger charge is 2.43. The van der Waals surface area contributed by atoms with Gasteiger partial charge in [-0.3, -0.25) is 9.59 Å². The molecule has 1 aliphatic carbocycles. The van der Waals surface area contributed by atoms with Crippen molar-refractivity contribution in [2.75, 3.05) is 39.9 Å². The molecule has 2 amide bonds. The Bertz CT molecular complexity index is 1530. The molecule has 3 heterocycles. The Hall–Kier alpha value is -3.60. The third-order valence-electron chi connectivity index (χ3n) is 11.0. The Labute approximate surface area is 303 Å². The van der Waals surface area contributed by atoms with E-state index in [1.165, 1.54) is 31.3 Å². The molecule has 2 aromatic rings. The number of para-hydroxylation sites is 1. The van der Waals surface area contributed by atoms with Crippen LogP contribution in [0.4, 0.5) is 4.79 Å². The number of rotatable bonds is 15. The Morgan fingerprint density at radius 1 is 0.941 bits per heavy atom. The molecule has 4 unspecified atom stereocenters. The maximum atomic E-state index is 13.6. The number of piperidine rings is 1. The van der Waals surface area contributed by atoms with Crippen molar-refractivity contribution >= 4 is 28.9 Å². The van der Waals surface area contributed by atoms with Crippen LogP contribution in [0.15, 0.2) is 29.1 Å². The summed E-state index contributed by atoms with van der Waals surface area (Å²) >= 11 is 0. The molecule has 11 nitrogen and oxygen atoms in total. The number of likely N-dealkylation sites (tertiary alicyclic amines) is 2. The monoisotopic (exact) mass is 708 g/mol. The van der Waals surface area contributed by atoms with Gasteiger partial charge >= 0.3 is 12.1 Å². The van der Waals surface area contributed by atoms with Crippen molar-refractivity contribution in [3.63, 3.8) is 0 Å². The van der Waals surface area contributed by atoms with Crippen LogP contribution in [0.3, 0.4) is 0 Å². The number of carbonyl (C=O) groups excluding carboxylic acids is 3. The van der Waals surface area contributed by atoms with Gasteiger partial charge in [-0.25, -0.2) is 9.59 Å². The molecule has 3 fully saturated rings. The van der Waals surface area contributed by atoms with Crippen molar-refractivity contribution in [3.8, 4) is 5.75 Å². The molecule has 2 aliphatic heterocycles. The van der Waals surface area contributed by atoms with Crippen LogP contribution < -0.4 is 15.6 Å². The number of alkyl carbamates (subject to hydrolysis) is 1. The molecule has 11 heteroatoms. The summed E-state index contributed by atoms with van der Waals surface area (Å²) in [5.74, 6) is 0.262. The summed E-state index contributed by atoms with van der Waals surface area (Å²) in [5, 5.41) is 3.81. The number of esters is 1. The van der Waals surface area contributed by atoms with Gasteiger partial charge in [0.25, 0.3) is 5.56 Å². The van der Waals surface area contributed by atoms with Crippen molar-refractivity contribution in [1.29, 1.82) is 0 Å². The van der Waals surface area contributed by atoms with Crippen molar-refractivity contribution in [1.82, 2.24) is 20.1 Å².